The fraction of sp³-hybridized carbons (Fsp3) is 0.160. The van der Waals surface area contributed by atoms with Crippen LogP contribution >= 0.6 is 23.2 Å². The molecule has 166 valence electrons. The maximum absolute atomic E-state index is 9.82. The van der Waals surface area contributed by atoms with E-state index in [9.17, 15) is 5.26 Å². The molecule has 0 unspecified atom stereocenters. The van der Waals surface area contributed by atoms with Gasteiger partial charge in [0, 0.05) is 11.6 Å². The maximum Gasteiger partial charge on any atom is 0.231 e. The number of allylic oxidation sites excluding steroid dienone is 1. The number of hydrogen-bond donors (Lipinski definition) is 1. The van der Waals surface area contributed by atoms with Gasteiger partial charge in [0.15, 0.2) is 17.2 Å². The number of fused-ring (bicyclic) bond motifs is 2. The van der Waals surface area contributed by atoms with E-state index in [1.807, 2.05) is 31.2 Å². The number of nitrogens with two attached hydrogens (primary N) is 1. The van der Waals surface area contributed by atoms with Crippen molar-refractivity contribution in [3.8, 4) is 29.1 Å². The number of hydrogen-bond acceptors (Lipinski definition) is 6. The van der Waals surface area contributed by atoms with E-state index in [2.05, 4.69) is 6.07 Å². The van der Waals surface area contributed by atoms with Gasteiger partial charge >= 0.3 is 0 Å². The second-order valence-corrected chi connectivity index (χ2v) is 8.57. The van der Waals surface area contributed by atoms with Crippen LogP contribution in [0.2, 0.25) is 10.0 Å². The third-order valence-corrected chi connectivity index (χ3v) is 6.13. The Hall–Kier alpha value is -3.53. The van der Waals surface area contributed by atoms with E-state index >= 15 is 0 Å². The topological polar surface area (TPSA) is 86.7 Å². The highest BCUT2D eigenvalue weighted by molar-refractivity contribution is 6.37. The van der Waals surface area contributed by atoms with Crippen molar-refractivity contribution in [1.29, 1.82) is 5.26 Å². The van der Waals surface area contributed by atoms with Gasteiger partial charge in [-0.25, -0.2) is 0 Å². The molecular formula is C25H18Cl2N2O4. The number of nitriles is 1. The Bertz CT molecular complexity index is 1310. The van der Waals surface area contributed by atoms with Gasteiger partial charge in [-0.15, -0.1) is 0 Å². The van der Waals surface area contributed by atoms with E-state index in [0.29, 0.717) is 50.8 Å². The minimum absolute atomic E-state index is 0.0146. The van der Waals surface area contributed by atoms with Gasteiger partial charge < -0.3 is 24.7 Å². The van der Waals surface area contributed by atoms with Crippen molar-refractivity contribution in [2.45, 2.75) is 19.4 Å². The summed E-state index contributed by atoms with van der Waals surface area (Å²) in [7, 11) is 0. The maximum atomic E-state index is 9.82. The van der Waals surface area contributed by atoms with Crippen molar-refractivity contribution in [1.82, 2.24) is 0 Å². The van der Waals surface area contributed by atoms with Crippen LogP contribution in [0.4, 0.5) is 0 Å². The SMILES string of the molecule is Cc1ccc(COc2c(Cl)cc([C@H]3C(C#N)=C(N)Oc4cc5c(cc43)OCO5)cc2Cl)cc1. The molecule has 1 atom stereocenters. The van der Waals surface area contributed by atoms with Gasteiger partial charge in [-0.3, -0.25) is 0 Å². The van der Waals surface area contributed by atoms with E-state index in [4.69, 9.17) is 47.9 Å². The summed E-state index contributed by atoms with van der Waals surface area (Å²) in [6.45, 7) is 2.45. The summed E-state index contributed by atoms with van der Waals surface area (Å²) in [5.74, 6) is 1.44. The molecule has 3 aromatic carbocycles. The number of benzene rings is 3. The Morgan fingerprint density at radius 3 is 2.36 bits per heavy atom. The average Bonchev–Trinajstić information content (AvgIpc) is 3.24. The lowest BCUT2D eigenvalue weighted by Gasteiger charge is -2.27. The van der Waals surface area contributed by atoms with Crippen LogP contribution in [0.5, 0.6) is 23.0 Å². The van der Waals surface area contributed by atoms with E-state index in [0.717, 1.165) is 5.56 Å². The molecule has 2 aliphatic rings. The Morgan fingerprint density at radius 2 is 1.70 bits per heavy atom. The first-order valence-corrected chi connectivity index (χ1v) is 10.9. The first-order chi connectivity index (χ1) is 15.9. The highest BCUT2D eigenvalue weighted by atomic mass is 35.5. The van der Waals surface area contributed by atoms with Crippen LogP contribution in [0.15, 0.2) is 60.0 Å². The fourth-order valence-corrected chi connectivity index (χ4v) is 4.53. The standard InChI is InChI=1S/C25H18Cl2N2O4/c1-13-2-4-14(5-3-13)11-30-24-18(26)6-15(7-19(24)27)23-16-8-21-22(32-12-31-21)9-20(16)33-25(29)17(23)10-28/h2-9,23H,11-12,29H2,1H3/t23-/m1/s1. The molecule has 0 fully saturated rings. The van der Waals surface area contributed by atoms with Gasteiger partial charge in [-0.05, 0) is 36.2 Å². The second-order valence-electron chi connectivity index (χ2n) is 7.76. The molecule has 0 spiro atoms. The van der Waals surface area contributed by atoms with Crippen LogP contribution in [0, 0.1) is 18.3 Å². The number of aryl methyl sites for hydroxylation is 1. The molecule has 8 heteroatoms. The highest BCUT2D eigenvalue weighted by Gasteiger charge is 2.34. The summed E-state index contributed by atoms with van der Waals surface area (Å²) >= 11 is 13.2. The molecule has 5 rings (SSSR count). The molecule has 0 amide bonds. The average molecular weight is 481 g/mol. The zero-order valence-corrected chi connectivity index (χ0v) is 19.0. The summed E-state index contributed by atoms with van der Waals surface area (Å²) in [4.78, 5) is 0. The van der Waals surface area contributed by atoms with Crippen LogP contribution in [-0.4, -0.2) is 6.79 Å². The van der Waals surface area contributed by atoms with Crippen molar-refractivity contribution in [2.75, 3.05) is 6.79 Å². The fourth-order valence-electron chi connectivity index (χ4n) is 3.91. The van der Waals surface area contributed by atoms with Crippen molar-refractivity contribution in [3.05, 3.63) is 92.3 Å². The van der Waals surface area contributed by atoms with Gasteiger partial charge in [0.05, 0.1) is 16.0 Å². The van der Waals surface area contributed by atoms with E-state index in [1.54, 1.807) is 24.3 Å². The molecule has 3 aromatic rings. The van der Waals surface area contributed by atoms with Crippen LogP contribution in [-0.2, 0) is 6.61 Å². The zero-order chi connectivity index (χ0) is 23.1. The predicted octanol–water partition coefficient (Wildman–Crippen LogP) is 5.83. The number of rotatable bonds is 4. The first-order valence-electron chi connectivity index (χ1n) is 10.1. The smallest absolute Gasteiger partial charge is 0.231 e. The highest BCUT2D eigenvalue weighted by Crippen LogP contribution is 2.49. The largest absolute Gasteiger partial charge is 0.486 e. The molecule has 6 nitrogen and oxygen atoms in total. The summed E-state index contributed by atoms with van der Waals surface area (Å²) < 4.78 is 22.6. The summed E-state index contributed by atoms with van der Waals surface area (Å²) in [5, 5.41) is 10.5. The van der Waals surface area contributed by atoms with E-state index < -0.39 is 5.92 Å². The van der Waals surface area contributed by atoms with E-state index in [-0.39, 0.29) is 18.2 Å². The molecule has 2 N–H and O–H groups in total. The van der Waals surface area contributed by atoms with Crippen molar-refractivity contribution < 1.29 is 18.9 Å². The molecular weight excluding hydrogens is 463 g/mol. The van der Waals surface area contributed by atoms with Gasteiger partial charge in [-0.1, -0.05) is 53.0 Å². The van der Waals surface area contributed by atoms with Crippen LogP contribution in [0.3, 0.4) is 0 Å². The Labute approximate surface area is 200 Å². The molecule has 0 saturated heterocycles. The van der Waals surface area contributed by atoms with Crippen molar-refractivity contribution in [3.63, 3.8) is 0 Å². The Kier molecular flexibility index (Phi) is 5.45. The lowest BCUT2D eigenvalue weighted by molar-refractivity contribution is 0.174. The monoisotopic (exact) mass is 480 g/mol. The molecule has 0 bridgehead atoms. The molecule has 0 aromatic heterocycles. The molecule has 0 saturated carbocycles. The summed E-state index contributed by atoms with van der Waals surface area (Å²) in [6, 6.07) is 17.1. The minimum Gasteiger partial charge on any atom is -0.486 e. The normalized spacial score (nSPS) is 16.1. The first kappa shape index (κ1) is 21.3. The van der Waals surface area contributed by atoms with Crippen molar-refractivity contribution in [2.24, 2.45) is 5.73 Å². The summed E-state index contributed by atoms with van der Waals surface area (Å²) in [5.41, 5.74) is 9.87. The molecule has 0 radical (unpaired) electrons. The second kappa shape index (κ2) is 8.43. The molecule has 33 heavy (non-hydrogen) atoms. The third kappa shape index (κ3) is 3.91. The van der Waals surface area contributed by atoms with Crippen LogP contribution in [0.1, 0.15) is 28.2 Å². The lowest BCUT2D eigenvalue weighted by atomic mass is 9.83. The lowest BCUT2D eigenvalue weighted by Crippen LogP contribution is -2.21. The number of halogens is 2. The van der Waals surface area contributed by atoms with Gasteiger partial charge in [0.25, 0.3) is 0 Å². The predicted molar refractivity (Wildman–Crippen MR) is 124 cm³/mol. The zero-order valence-electron chi connectivity index (χ0n) is 17.5. The number of nitrogens with zero attached hydrogens (tertiary/aromatic N) is 1. The quantitative estimate of drug-likeness (QED) is 0.505. The third-order valence-electron chi connectivity index (χ3n) is 5.57. The van der Waals surface area contributed by atoms with Gasteiger partial charge in [0.1, 0.15) is 24.0 Å². The van der Waals surface area contributed by atoms with Crippen LogP contribution in [0.25, 0.3) is 0 Å². The van der Waals surface area contributed by atoms with Gasteiger partial charge in [0.2, 0.25) is 12.7 Å². The molecule has 0 aliphatic carbocycles. The van der Waals surface area contributed by atoms with Crippen molar-refractivity contribution >= 4 is 23.2 Å². The van der Waals surface area contributed by atoms with E-state index in [1.165, 1.54) is 5.56 Å². The molecule has 2 heterocycles. The number of ether oxygens (including phenoxy) is 4. The minimum atomic E-state index is -0.547. The summed E-state index contributed by atoms with van der Waals surface area (Å²) in [6.07, 6.45) is 0. The Morgan fingerprint density at radius 1 is 1.03 bits per heavy atom. The molecule has 2 aliphatic heterocycles. The van der Waals surface area contributed by atoms with Gasteiger partial charge in [-0.2, -0.15) is 5.26 Å². The Balaban J connectivity index is 1.52. The van der Waals surface area contributed by atoms with Crippen LogP contribution < -0.4 is 24.7 Å².